The second-order valence-corrected chi connectivity index (χ2v) is 19.2. The first kappa shape index (κ1) is 68.4. The number of unbranched alkanes of at least 4 members (excludes halogenated alkanes) is 38. The van der Waals surface area contributed by atoms with Crippen LogP contribution in [0.4, 0.5) is 0 Å². The van der Waals surface area contributed by atoms with Gasteiger partial charge in [-0.3, -0.25) is 8.42 Å². The predicted octanol–water partition coefficient (Wildman–Crippen LogP) is 12.4. The molecule has 2 atom stereocenters. The Morgan fingerprint density at radius 3 is 0.533 bits per heavy atom. The van der Waals surface area contributed by atoms with Gasteiger partial charge in [0.15, 0.2) is 0 Å². The van der Waals surface area contributed by atoms with Crippen LogP contribution < -0.4 is 59.1 Å². The SMILES string of the molecule is CCCCCCCCCCCCCC(CCCCCCCCCCCC)OC(CCCCCCCCCCCC)CCCCCCCCCCCCC.O=S(=O)([O-])[O-].[Na+].[Na+]. The van der Waals surface area contributed by atoms with Gasteiger partial charge >= 0.3 is 59.1 Å². The summed E-state index contributed by atoms with van der Waals surface area (Å²) in [6, 6.07) is 0. The van der Waals surface area contributed by atoms with Gasteiger partial charge in [-0.1, -0.05) is 297 Å². The van der Waals surface area contributed by atoms with Crippen molar-refractivity contribution in [3.05, 3.63) is 0 Å². The number of hydrogen-bond acceptors (Lipinski definition) is 5. The Hall–Kier alpha value is 1.83. The molecular formula is C52H106Na2O5S. The topological polar surface area (TPSA) is 89.5 Å². The van der Waals surface area contributed by atoms with Crippen LogP contribution in [0, 0.1) is 0 Å². The molecule has 0 fully saturated rings. The summed E-state index contributed by atoms with van der Waals surface area (Å²) in [7, 11) is -5.17. The quantitative estimate of drug-likeness (QED) is 0.0263. The first-order chi connectivity index (χ1) is 28.3. The molecule has 5 nitrogen and oxygen atoms in total. The fraction of sp³-hybridized carbons (Fsp3) is 1.00. The third-order valence-electron chi connectivity index (χ3n) is 12.4. The molecule has 0 N–H and O–H groups in total. The van der Waals surface area contributed by atoms with Crippen molar-refractivity contribution in [3.63, 3.8) is 0 Å². The van der Waals surface area contributed by atoms with Gasteiger partial charge in [0.1, 0.15) is 0 Å². The summed E-state index contributed by atoms with van der Waals surface area (Å²) in [4.78, 5) is 0. The monoisotopic (exact) mass is 889 g/mol. The van der Waals surface area contributed by atoms with E-state index in [-0.39, 0.29) is 59.1 Å². The molecule has 8 heteroatoms. The van der Waals surface area contributed by atoms with E-state index in [0.29, 0.717) is 12.2 Å². The van der Waals surface area contributed by atoms with Gasteiger partial charge in [-0.05, 0) is 25.7 Å². The van der Waals surface area contributed by atoms with Crippen LogP contribution in [0.25, 0.3) is 0 Å². The van der Waals surface area contributed by atoms with Gasteiger partial charge in [-0.25, -0.2) is 0 Å². The van der Waals surface area contributed by atoms with Crippen molar-refractivity contribution in [2.75, 3.05) is 0 Å². The predicted molar refractivity (Wildman–Crippen MR) is 254 cm³/mol. The molecule has 0 aromatic rings. The van der Waals surface area contributed by atoms with Crippen molar-refractivity contribution >= 4 is 10.4 Å². The molecule has 2 unspecified atom stereocenters. The van der Waals surface area contributed by atoms with Crippen molar-refractivity contribution in [2.45, 2.75) is 335 Å². The number of hydrogen-bond donors (Lipinski definition) is 0. The molecule has 0 rings (SSSR count). The zero-order chi connectivity index (χ0) is 42.9. The molecule has 0 aromatic carbocycles. The van der Waals surface area contributed by atoms with Gasteiger partial charge in [0, 0.05) is 10.4 Å². The molecule has 352 valence electrons. The molecule has 0 saturated heterocycles. The van der Waals surface area contributed by atoms with Gasteiger partial charge in [0.2, 0.25) is 0 Å². The van der Waals surface area contributed by atoms with Crippen LogP contribution in [0.3, 0.4) is 0 Å². The molecule has 60 heavy (non-hydrogen) atoms. The third-order valence-corrected chi connectivity index (χ3v) is 12.4. The standard InChI is InChI=1S/C52H106O.2Na.H2O4S/c1-5-9-13-17-21-25-29-33-37-41-45-49-51(47-43-39-35-31-27-23-19-15-11-7-3)53-52(48-44-40-36-32-28-24-20-16-12-8-4)50-46-42-38-34-30-26-22-18-14-10-6-2;;;1-5(2,3)4/h51-52H,5-50H2,1-4H3;;;(H2,1,2,3,4)/q;2*+1;/p-2. The zero-order valence-electron chi connectivity index (χ0n) is 42.1. The third kappa shape index (κ3) is 66.4. The van der Waals surface area contributed by atoms with Crippen LogP contribution in [-0.2, 0) is 15.1 Å². The maximum absolute atomic E-state index is 8.52. The fourth-order valence-corrected chi connectivity index (χ4v) is 8.62. The largest absolute Gasteiger partial charge is 1.00 e. The molecule has 0 amide bonds. The first-order valence-corrected chi connectivity index (χ1v) is 27.9. The van der Waals surface area contributed by atoms with Crippen LogP contribution in [0.1, 0.15) is 323 Å². The summed E-state index contributed by atoms with van der Waals surface area (Å²) in [5, 5.41) is 0. The van der Waals surface area contributed by atoms with Crippen LogP contribution in [-0.4, -0.2) is 29.7 Å². The van der Waals surface area contributed by atoms with Crippen molar-refractivity contribution in [3.8, 4) is 0 Å². The molecule has 0 heterocycles. The summed E-state index contributed by atoms with van der Waals surface area (Å²) in [6.07, 6.45) is 66.7. The smallest absolute Gasteiger partial charge is 0.759 e. The van der Waals surface area contributed by atoms with E-state index in [2.05, 4.69) is 27.7 Å². The molecule has 0 aromatic heterocycles. The van der Waals surface area contributed by atoms with Crippen LogP contribution in [0.2, 0.25) is 0 Å². The van der Waals surface area contributed by atoms with E-state index in [4.69, 9.17) is 22.3 Å². The second kappa shape index (κ2) is 58.8. The van der Waals surface area contributed by atoms with Gasteiger partial charge in [0.05, 0.1) is 12.2 Å². The average Bonchev–Trinajstić information content (AvgIpc) is 3.19. The Morgan fingerprint density at radius 2 is 0.400 bits per heavy atom. The van der Waals surface area contributed by atoms with E-state index < -0.39 is 10.4 Å². The molecule has 0 spiro atoms. The number of rotatable bonds is 48. The van der Waals surface area contributed by atoms with Crippen molar-refractivity contribution < 1.29 is 81.4 Å². The normalized spacial score (nSPS) is 12.4. The molecule has 0 aliphatic rings. The molecule has 0 aliphatic heterocycles. The second-order valence-electron chi connectivity index (χ2n) is 18.4. The van der Waals surface area contributed by atoms with E-state index in [9.17, 15) is 0 Å². The van der Waals surface area contributed by atoms with E-state index in [0.717, 1.165) is 0 Å². The Bertz CT molecular complexity index is 786. The summed E-state index contributed by atoms with van der Waals surface area (Å²) < 4.78 is 41.3. The van der Waals surface area contributed by atoms with Crippen molar-refractivity contribution in [1.82, 2.24) is 0 Å². The minimum atomic E-state index is -5.17. The molecule has 0 aliphatic carbocycles. The van der Waals surface area contributed by atoms with Gasteiger partial charge in [-0.2, -0.15) is 0 Å². The van der Waals surface area contributed by atoms with Crippen molar-refractivity contribution in [2.24, 2.45) is 0 Å². The maximum Gasteiger partial charge on any atom is 1.00 e. The van der Waals surface area contributed by atoms with Crippen LogP contribution in [0.5, 0.6) is 0 Å². The van der Waals surface area contributed by atoms with Gasteiger partial charge < -0.3 is 13.8 Å². The van der Waals surface area contributed by atoms with E-state index in [1.54, 1.807) is 0 Å². The maximum atomic E-state index is 8.52. The van der Waals surface area contributed by atoms with Crippen LogP contribution >= 0.6 is 0 Å². The minimum Gasteiger partial charge on any atom is -0.759 e. The molecule has 0 radical (unpaired) electrons. The Kier molecular flexibility index (Phi) is 67.1. The Balaban J connectivity index is -0.00000210. The number of ether oxygens (including phenoxy) is 1. The minimum absolute atomic E-state index is 0. The van der Waals surface area contributed by atoms with Gasteiger partial charge in [-0.15, -0.1) is 0 Å². The van der Waals surface area contributed by atoms with E-state index in [1.165, 1.54) is 295 Å². The van der Waals surface area contributed by atoms with Gasteiger partial charge in [0.25, 0.3) is 0 Å². The zero-order valence-corrected chi connectivity index (χ0v) is 46.9. The summed E-state index contributed by atoms with van der Waals surface area (Å²) in [6.45, 7) is 9.30. The van der Waals surface area contributed by atoms with E-state index >= 15 is 0 Å². The summed E-state index contributed by atoms with van der Waals surface area (Å²) >= 11 is 0. The Labute approximate surface area is 423 Å². The van der Waals surface area contributed by atoms with E-state index in [1.807, 2.05) is 0 Å². The molecular weight excluding hydrogens is 783 g/mol. The fourth-order valence-electron chi connectivity index (χ4n) is 8.62. The summed E-state index contributed by atoms with van der Waals surface area (Å²) in [5.41, 5.74) is 0. The molecule has 0 saturated carbocycles. The average molecular weight is 889 g/mol. The summed E-state index contributed by atoms with van der Waals surface area (Å²) in [5.74, 6) is 0. The van der Waals surface area contributed by atoms with Crippen LogP contribution in [0.15, 0.2) is 0 Å². The first-order valence-electron chi connectivity index (χ1n) is 26.6. The Morgan fingerprint density at radius 1 is 0.283 bits per heavy atom. The molecule has 0 bridgehead atoms. The van der Waals surface area contributed by atoms with Crippen molar-refractivity contribution in [1.29, 1.82) is 0 Å².